The molecule has 0 bridgehead atoms. The number of amides is 2. The fourth-order valence-electron chi connectivity index (χ4n) is 3.25. The van der Waals surface area contributed by atoms with Crippen molar-refractivity contribution in [2.75, 3.05) is 11.9 Å². The molecule has 31 heavy (non-hydrogen) atoms. The number of rotatable bonds is 7. The van der Waals surface area contributed by atoms with Gasteiger partial charge in [0.25, 0.3) is 5.91 Å². The highest BCUT2D eigenvalue weighted by molar-refractivity contribution is 7.14. The maximum atomic E-state index is 13.4. The summed E-state index contributed by atoms with van der Waals surface area (Å²) in [4.78, 5) is 30.9. The van der Waals surface area contributed by atoms with Crippen molar-refractivity contribution in [2.45, 2.75) is 19.8 Å². The predicted octanol–water partition coefficient (Wildman–Crippen LogP) is 4.75. The van der Waals surface area contributed by atoms with Gasteiger partial charge < -0.3 is 10.3 Å². The molecule has 4 rings (SSSR count). The lowest BCUT2D eigenvalue weighted by molar-refractivity contribution is -0.118. The van der Waals surface area contributed by atoms with Crippen LogP contribution >= 0.6 is 11.3 Å². The first-order valence-electron chi connectivity index (χ1n) is 9.87. The number of hydrogen-bond donors (Lipinski definition) is 3. The molecule has 2 amide bonds. The van der Waals surface area contributed by atoms with Crippen LogP contribution in [0.1, 0.15) is 29.4 Å². The average Bonchev–Trinajstić information content (AvgIpc) is 3.38. The first-order valence-corrected chi connectivity index (χ1v) is 10.7. The van der Waals surface area contributed by atoms with Gasteiger partial charge in [-0.2, -0.15) is 0 Å². The van der Waals surface area contributed by atoms with Gasteiger partial charge in [0.1, 0.15) is 11.5 Å². The van der Waals surface area contributed by atoms with Crippen LogP contribution in [-0.2, 0) is 11.2 Å². The largest absolute Gasteiger partial charge is 0.356 e. The van der Waals surface area contributed by atoms with Crippen molar-refractivity contribution in [3.8, 4) is 11.3 Å². The number of aryl methyl sites for hydroxylation is 1. The number of H-pyrrole nitrogens is 1. The maximum Gasteiger partial charge on any atom is 0.273 e. The van der Waals surface area contributed by atoms with Gasteiger partial charge in [0.2, 0.25) is 5.91 Å². The van der Waals surface area contributed by atoms with Crippen molar-refractivity contribution >= 4 is 39.2 Å². The number of halogens is 1. The number of carbonyl (C=O) groups is 2. The fourth-order valence-corrected chi connectivity index (χ4v) is 3.97. The number of hydrogen-bond acceptors (Lipinski definition) is 4. The highest BCUT2D eigenvalue weighted by Gasteiger charge is 2.13. The van der Waals surface area contributed by atoms with Crippen LogP contribution in [0.15, 0.2) is 53.9 Å². The minimum Gasteiger partial charge on any atom is -0.356 e. The van der Waals surface area contributed by atoms with Crippen molar-refractivity contribution in [3.63, 3.8) is 0 Å². The van der Waals surface area contributed by atoms with E-state index in [2.05, 4.69) is 20.6 Å². The van der Waals surface area contributed by atoms with Gasteiger partial charge in [-0.15, -0.1) is 11.3 Å². The number of anilines is 1. The van der Waals surface area contributed by atoms with E-state index in [0.717, 1.165) is 24.1 Å². The SMILES string of the molecule is CC(=O)NCCCc1ccc(-c2csc(NC(=O)c3cc4cc(F)ccc4[nH]3)n2)cc1. The van der Waals surface area contributed by atoms with E-state index < -0.39 is 0 Å². The second-order valence-electron chi connectivity index (χ2n) is 7.19. The number of carbonyl (C=O) groups excluding carboxylic acids is 2. The molecule has 0 spiro atoms. The van der Waals surface area contributed by atoms with Crippen molar-refractivity contribution < 1.29 is 14.0 Å². The first kappa shape index (κ1) is 20.7. The molecule has 0 saturated heterocycles. The number of aromatic amines is 1. The summed E-state index contributed by atoms with van der Waals surface area (Å²) in [5.41, 5.74) is 3.98. The van der Waals surface area contributed by atoms with Crippen molar-refractivity contribution in [1.29, 1.82) is 0 Å². The number of thiazole rings is 1. The summed E-state index contributed by atoms with van der Waals surface area (Å²) in [6, 6.07) is 14.0. The van der Waals surface area contributed by atoms with Crippen LogP contribution in [0, 0.1) is 5.82 Å². The van der Waals surface area contributed by atoms with Crippen molar-refractivity contribution in [2.24, 2.45) is 0 Å². The third kappa shape index (κ3) is 5.16. The zero-order valence-electron chi connectivity index (χ0n) is 16.9. The molecule has 0 aliphatic carbocycles. The number of benzene rings is 2. The lowest BCUT2D eigenvalue weighted by atomic mass is 10.1. The molecule has 2 heterocycles. The van der Waals surface area contributed by atoms with Crippen LogP contribution in [0.4, 0.5) is 9.52 Å². The summed E-state index contributed by atoms with van der Waals surface area (Å²) in [7, 11) is 0. The van der Waals surface area contributed by atoms with Gasteiger partial charge >= 0.3 is 0 Å². The summed E-state index contributed by atoms with van der Waals surface area (Å²) in [6.45, 7) is 2.18. The van der Waals surface area contributed by atoms with E-state index >= 15 is 0 Å². The monoisotopic (exact) mass is 436 g/mol. The molecule has 0 atom stereocenters. The number of fused-ring (bicyclic) bond motifs is 1. The van der Waals surface area contributed by atoms with Crippen LogP contribution < -0.4 is 10.6 Å². The van der Waals surface area contributed by atoms with Gasteiger partial charge in [-0.05, 0) is 42.7 Å². The Morgan fingerprint density at radius 3 is 2.71 bits per heavy atom. The van der Waals surface area contributed by atoms with E-state index in [9.17, 15) is 14.0 Å². The smallest absolute Gasteiger partial charge is 0.273 e. The Hall–Kier alpha value is -3.52. The van der Waals surface area contributed by atoms with Crippen LogP contribution in [0.25, 0.3) is 22.2 Å². The molecule has 8 heteroatoms. The number of aromatic nitrogens is 2. The molecular weight excluding hydrogens is 415 g/mol. The second-order valence-corrected chi connectivity index (χ2v) is 8.05. The van der Waals surface area contributed by atoms with Gasteiger partial charge in [-0.1, -0.05) is 24.3 Å². The maximum absolute atomic E-state index is 13.4. The Labute approximate surface area is 182 Å². The fraction of sp³-hybridized carbons (Fsp3) is 0.174. The summed E-state index contributed by atoms with van der Waals surface area (Å²) in [6.07, 6.45) is 1.76. The molecular formula is C23H21FN4O2S. The molecule has 0 fully saturated rings. The second kappa shape index (κ2) is 9.09. The summed E-state index contributed by atoms with van der Waals surface area (Å²) < 4.78 is 13.4. The van der Waals surface area contributed by atoms with Gasteiger partial charge in [0.05, 0.1) is 5.69 Å². The molecule has 158 valence electrons. The average molecular weight is 437 g/mol. The van der Waals surface area contributed by atoms with Gasteiger partial charge in [-0.3, -0.25) is 14.9 Å². The van der Waals surface area contributed by atoms with Gasteiger partial charge in [0.15, 0.2) is 5.13 Å². The van der Waals surface area contributed by atoms with E-state index in [4.69, 9.17) is 0 Å². The van der Waals surface area contributed by atoms with Crippen LogP contribution in [0.5, 0.6) is 0 Å². The zero-order valence-corrected chi connectivity index (χ0v) is 17.7. The molecule has 0 saturated carbocycles. The Bertz CT molecular complexity index is 1230. The molecule has 2 aromatic heterocycles. The molecule has 2 aromatic carbocycles. The predicted molar refractivity (Wildman–Crippen MR) is 121 cm³/mol. The van der Waals surface area contributed by atoms with E-state index in [1.807, 2.05) is 29.6 Å². The molecule has 6 nitrogen and oxygen atoms in total. The quantitative estimate of drug-likeness (QED) is 0.365. The van der Waals surface area contributed by atoms with E-state index in [0.29, 0.717) is 28.3 Å². The van der Waals surface area contributed by atoms with Crippen LogP contribution in [0.3, 0.4) is 0 Å². The van der Waals surface area contributed by atoms with Crippen LogP contribution in [0.2, 0.25) is 0 Å². The van der Waals surface area contributed by atoms with Crippen LogP contribution in [-0.4, -0.2) is 28.3 Å². The lowest BCUT2D eigenvalue weighted by Crippen LogP contribution is -2.21. The van der Waals surface area contributed by atoms with Gasteiger partial charge in [-0.25, -0.2) is 9.37 Å². The highest BCUT2D eigenvalue weighted by Crippen LogP contribution is 2.26. The summed E-state index contributed by atoms with van der Waals surface area (Å²) >= 11 is 1.34. The number of nitrogens with one attached hydrogen (secondary N) is 3. The Kier molecular flexibility index (Phi) is 6.08. The van der Waals surface area contributed by atoms with Crippen molar-refractivity contribution in [1.82, 2.24) is 15.3 Å². The summed E-state index contributed by atoms with van der Waals surface area (Å²) in [5, 5.41) is 8.60. The number of nitrogens with zero attached hydrogens (tertiary/aromatic N) is 1. The van der Waals surface area contributed by atoms with E-state index in [1.54, 1.807) is 12.1 Å². The Morgan fingerprint density at radius 1 is 1.13 bits per heavy atom. The standard InChI is InChI=1S/C23H21FN4O2S/c1-14(29)25-10-2-3-15-4-6-16(7-5-15)21-13-31-23(27-21)28-22(30)20-12-17-11-18(24)8-9-19(17)26-20/h4-9,11-13,26H,2-3,10H2,1H3,(H,25,29)(H,27,28,30). The normalized spacial score (nSPS) is 10.9. The first-order chi connectivity index (χ1) is 15.0. The molecule has 0 aliphatic heterocycles. The molecule has 0 radical (unpaired) electrons. The van der Waals surface area contributed by atoms with Gasteiger partial charge in [0, 0.05) is 35.3 Å². The summed E-state index contributed by atoms with van der Waals surface area (Å²) in [5.74, 6) is -0.686. The molecule has 3 N–H and O–H groups in total. The third-order valence-corrected chi connectivity index (χ3v) is 5.58. The molecule has 4 aromatic rings. The minimum absolute atomic E-state index is 0.0137. The molecule has 0 unspecified atom stereocenters. The Morgan fingerprint density at radius 2 is 1.94 bits per heavy atom. The highest BCUT2D eigenvalue weighted by atomic mass is 32.1. The lowest BCUT2D eigenvalue weighted by Gasteiger charge is -2.04. The van der Waals surface area contributed by atoms with Crippen molar-refractivity contribution in [3.05, 3.63) is 71.0 Å². The topological polar surface area (TPSA) is 86.9 Å². The minimum atomic E-state index is -0.346. The third-order valence-electron chi connectivity index (χ3n) is 4.82. The Balaban J connectivity index is 1.38. The molecule has 0 aliphatic rings. The van der Waals surface area contributed by atoms with E-state index in [-0.39, 0.29) is 17.6 Å². The van der Waals surface area contributed by atoms with E-state index in [1.165, 1.54) is 36.0 Å². The zero-order chi connectivity index (χ0) is 21.8.